The fourth-order valence-corrected chi connectivity index (χ4v) is 1.58. The van der Waals surface area contributed by atoms with Gasteiger partial charge in [-0.2, -0.15) is 0 Å². The number of ether oxygens (including phenoxy) is 2. The number of urea groups is 1. The Morgan fingerprint density at radius 1 is 1.29 bits per heavy atom. The zero-order valence-electron chi connectivity index (χ0n) is 12.1. The highest BCUT2D eigenvalue weighted by molar-refractivity contribution is 6.01. The average Bonchev–Trinajstić information content (AvgIpc) is 2.45. The number of nitrogens with one attached hydrogen (secondary N) is 2. The fraction of sp³-hybridized carbons (Fsp3) is 0.286. The molecule has 2 amide bonds. The number of aromatic carboxylic acids is 1. The van der Waals surface area contributed by atoms with Crippen LogP contribution in [0.2, 0.25) is 0 Å². The lowest BCUT2D eigenvalue weighted by Crippen LogP contribution is -2.35. The first kappa shape index (κ1) is 16.4. The van der Waals surface area contributed by atoms with Crippen LogP contribution in [-0.4, -0.2) is 37.4 Å². The van der Waals surface area contributed by atoms with Crippen molar-refractivity contribution in [3.63, 3.8) is 0 Å². The number of carboxylic acid groups (broad SMARTS) is 1. The molecular weight excluding hydrogens is 276 g/mol. The second-order valence-electron chi connectivity index (χ2n) is 4.18. The molecule has 0 radical (unpaired) electrons. The van der Waals surface area contributed by atoms with Crippen LogP contribution in [0.15, 0.2) is 24.8 Å². The summed E-state index contributed by atoms with van der Waals surface area (Å²) in [5.41, 5.74) is 0.00275. The van der Waals surface area contributed by atoms with Crippen LogP contribution in [0.3, 0.4) is 0 Å². The van der Waals surface area contributed by atoms with Crippen LogP contribution in [-0.2, 0) is 0 Å². The molecule has 1 rings (SSSR count). The largest absolute Gasteiger partial charge is 0.493 e. The van der Waals surface area contributed by atoms with E-state index in [1.54, 1.807) is 13.0 Å². The zero-order valence-corrected chi connectivity index (χ0v) is 12.1. The maximum absolute atomic E-state index is 11.8. The number of hydrogen-bond donors (Lipinski definition) is 3. The molecule has 3 N–H and O–H groups in total. The van der Waals surface area contributed by atoms with Crippen molar-refractivity contribution in [3.8, 4) is 11.5 Å². The van der Waals surface area contributed by atoms with E-state index in [0.29, 0.717) is 5.75 Å². The lowest BCUT2D eigenvalue weighted by molar-refractivity contribution is 0.0697. The van der Waals surface area contributed by atoms with E-state index < -0.39 is 12.0 Å². The number of carboxylic acids is 1. The first-order valence-corrected chi connectivity index (χ1v) is 6.12. The molecule has 7 nitrogen and oxygen atoms in total. The van der Waals surface area contributed by atoms with E-state index in [2.05, 4.69) is 17.2 Å². The second kappa shape index (κ2) is 7.18. The van der Waals surface area contributed by atoms with Gasteiger partial charge >= 0.3 is 12.0 Å². The van der Waals surface area contributed by atoms with E-state index in [9.17, 15) is 14.7 Å². The van der Waals surface area contributed by atoms with E-state index in [1.165, 1.54) is 26.4 Å². The molecular formula is C14H18N2O5. The van der Waals surface area contributed by atoms with Gasteiger partial charge in [-0.3, -0.25) is 0 Å². The summed E-state index contributed by atoms with van der Waals surface area (Å²) in [5, 5.41) is 14.3. The summed E-state index contributed by atoms with van der Waals surface area (Å²) in [5.74, 6) is -0.613. The molecule has 0 saturated heterocycles. The maximum atomic E-state index is 11.8. The SMILES string of the molecule is C=CC(C)NC(=O)Nc1cc(OC)c(OC)cc1C(=O)O. The van der Waals surface area contributed by atoms with Gasteiger partial charge in [0.2, 0.25) is 0 Å². The van der Waals surface area contributed by atoms with Gasteiger partial charge in [-0.15, -0.1) is 6.58 Å². The molecule has 114 valence electrons. The summed E-state index contributed by atoms with van der Waals surface area (Å²) in [6.07, 6.45) is 1.55. The lowest BCUT2D eigenvalue weighted by Gasteiger charge is -2.15. The number of carbonyl (C=O) groups excluding carboxylic acids is 1. The van der Waals surface area contributed by atoms with Gasteiger partial charge in [0.1, 0.15) is 0 Å². The normalized spacial score (nSPS) is 11.2. The van der Waals surface area contributed by atoms with E-state index in [0.717, 1.165) is 0 Å². The number of amides is 2. The first-order valence-electron chi connectivity index (χ1n) is 6.12. The van der Waals surface area contributed by atoms with Gasteiger partial charge in [0, 0.05) is 18.2 Å². The molecule has 0 fully saturated rings. The van der Waals surface area contributed by atoms with E-state index in [4.69, 9.17) is 9.47 Å². The van der Waals surface area contributed by atoms with Crippen molar-refractivity contribution in [3.05, 3.63) is 30.4 Å². The molecule has 0 bridgehead atoms. The van der Waals surface area contributed by atoms with Crippen molar-refractivity contribution >= 4 is 17.7 Å². The molecule has 0 aliphatic carbocycles. The Labute approximate surface area is 122 Å². The van der Waals surface area contributed by atoms with Crippen molar-refractivity contribution < 1.29 is 24.2 Å². The third-order valence-electron chi connectivity index (χ3n) is 2.71. The summed E-state index contributed by atoms with van der Waals surface area (Å²) in [7, 11) is 2.82. The van der Waals surface area contributed by atoms with Crippen molar-refractivity contribution in [2.75, 3.05) is 19.5 Å². The third kappa shape index (κ3) is 4.13. The number of rotatable bonds is 6. The highest BCUT2D eigenvalue weighted by Gasteiger charge is 2.18. The molecule has 7 heteroatoms. The minimum absolute atomic E-state index is 0.103. The summed E-state index contributed by atoms with van der Waals surface area (Å²) in [6.45, 7) is 5.28. The van der Waals surface area contributed by atoms with Crippen molar-refractivity contribution in [2.24, 2.45) is 0 Å². The number of carbonyl (C=O) groups is 2. The Balaban J connectivity index is 3.12. The third-order valence-corrected chi connectivity index (χ3v) is 2.71. The Morgan fingerprint density at radius 3 is 2.33 bits per heavy atom. The van der Waals surface area contributed by atoms with Gasteiger partial charge in [0.15, 0.2) is 11.5 Å². The van der Waals surface area contributed by atoms with E-state index in [-0.39, 0.29) is 23.0 Å². The van der Waals surface area contributed by atoms with Crippen molar-refractivity contribution in [1.82, 2.24) is 5.32 Å². The molecule has 21 heavy (non-hydrogen) atoms. The molecule has 1 atom stereocenters. The Morgan fingerprint density at radius 2 is 1.86 bits per heavy atom. The quantitative estimate of drug-likeness (QED) is 0.698. The van der Waals surface area contributed by atoms with Crippen LogP contribution in [0, 0.1) is 0 Å². The first-order chi connectivity index (χ1) is 9.92. The van der Waals surface area contributed by atoms with Gasteiger partial charge in [-0.05, 0) is 6.92 Å². The highest BCUT2D eigenvalue weighted by Crippen LogP contribution is 2.33. The highest BCUT2D eigenvalue weighted by atomic mass is 16.5. The molecule has 0 aliphatic rings. The topological polar surface area (TPSA) is 96.9 Å². The Hall–Kier alpha value is -2.70. The number of methoxy groups -OCH3 is 2. The molecule has 0 aromatic heterocycles. The van der Waals surface area contributed by atoms with Crippen LogP contribution >= 0.6 is 0 Å². The minimum atomic E-state index is -1.19. The Bertz CT molecular complexity index is 557. The summed E-state index contributed by atoms with van der Waals surface area (Å²) in [4.78, 5) is 23.0. The predicted molar refractivity (Wildman–Crippen MR) is 78.3 cm³/mol. The maximum Gasteiger partial charge on any atom is 0.337 e. The average molecular weight is 294 g/mol. The lowest BCUT2D eigenvalue weighted by atomic mass is 10.1. The number of benzene rings is 1. The molecule has 1 aromatic carbocycles. The second-order valence-corrected chi connectivity index (χ2v) is 4.18. The van der Waals surface area contributed by atoms with Crippen LogP contribution in [0.25, 0.3) is 0 Å². The van der Waals surface area contributed by atoms with E-state index >= 15 is 0 Å². The molecule has 0 spiro atoms. The zero-order chi connectivity index (χ0) is 16.0. The summed E-state index contributed by atoms with van der Waals surface area (Å²) < 4.78 is 10.1. The van der Waals surface area contributed by atoms with Gasteiger partial charge in [0.05, 0.1) is 25.5 Å². The molecule has 1 unspecified atom stereocenters. The van der Waals surface area contributed by atoms with Crippen LogP contribution < -0.4 is 20.1 Å². The number of hydrogen-bond acceptors (Lipinski definition) is 4. The molecule has 0 saturated carbocycles. The van der Waals surface area contributed by atoms with Crippen molar-refractivity contribution in [2.45, 2.75) is 13.0 Å². The van der Waals surface area contributed by atoms with Crippen LogP contribution in [0.1, 0.15) is 17.3 Å². The van der Waals surface area contributed by atoms with Gasteiger partial charge in [0.25, 0.3) is 0 Å². The molecule has 0 aliphatic heterocycles. The fourth-order valence-electron chi connectivity index (χ4n) is 1.58. The minimum Gasteiger partial charge on any atom is -0.493 e. The smallest absolute Gasteiger partial charge is 0.337 e. The number of anilines is 1. The monoisotopic (exact) mass is 294 g/mol. The van der Waals surface area contributed by atoms with E-state index in [1.807, 2.05) is 0 Å². The van der Waals surface area contributed by atoms with Gasteiger partial charge in [-0.25, -0.2) is 9.59 Å². The van der Waals surface area contributed by atoms with Crippen molar-refractivity contribution in [1.29, 1.82) is 0 Å². The molecule has 1 aromatic rings. The van der Waals surface area contributed by atoms with Crippen LogP contribution in [0.4, 0.5) is 10.5 Å². The summed E-state index contributed by atoms with van der Waals surface area (Å²) >= 11 is 0. The standard InChI is InChI=1S/C14H18N2O5/c1-5-8(2)15-14(19)16-10-7-12(21-4)11(20-3)6-9(10)13(17)18/h5-8H,1H2,2-4H3,(H,17,18)(H2,15,16,19). The Kier molecular flexibility index (Phi) is 5.59. The van der Waals surface area contributed by atoms with Gasteiger partial charge in [-0.1, -0.05) is 6.08 Å². The van der Waals surface area contributed by atoms with Crippen LogP contribution in [0.5, 0.6) is 11.5 Å². The molecule has 0 heterocycles. The van der Waals surface area contributed by atoms with Gasteiger partial charge < -0.3 is 25.2 Å². The predicted octanol–water partition coefficient (Wildman–Crippen LogP) is 2.10. The summed E-state index contributed by atoms with van der Waals surface area (Å²) in [6, 6.07) is 1.88.